The van der Waals surface area contributed by atoms with E-state index in [2.05, 4.69) is 37.6 Å². The van der Waals surface area contributed by atoms with Crippen LogP contribution in [0.15, 0.2) is 0 Å². The van der Waals surface area contributed by atoms with Crippen LogP contribution in [0.2, 0.25) is 0 Å². The van der Waals surface area contributed by atoms with Crippen molar-refractivity contribution < 1.29 is 0 Å². The molecule has 1 aromatic carbocycles. The second kappa shape index (κ2) is 9.43. The Hall–Kier alpha value is -0.480. The third kappa shape index (κ3) is 4.25. The Morgan fingerprint density at radius 2 is 1.37 bits per heavy atom. The molecular formula is C15H28N2S2. The molecule has 0 aliphatic rings. The van der Waals surface area contributed by atoms with Crippen LogP contribution in [0.25, 0.3) is 0 Å². The Morgan fingerprint density at radius 1 is 0.895 bits per heavy atom. The molecule has 0 aromatic heterocycles. The Balaban J connectivity index is 0.00000154. The highest BCUT2D eigenvalue weighted by Crippen LogP contribution is 2.38. The minimum atomic E-state index is 0.875. The molecule has 0 aliphatic heterocycles. The highest BCUT2D eigenvalue weighted by Gasteiger charge is 2.21. The zero-order valence-corrected chi connectivity index (χ0v) is 14.9. The molecule has 0 radical (unpaired) electrons. The van der Waals surface area contributed by atoms with Crippen LogP contribution in [-0.2, 0) is 0 Å². The van der Waals surface area contributed by atoms with Crippen LogP contribution < -0.4 is 9.80 Å². The summed E-state index contributed by atoms with van der Waals surface area (Å²) in [5.74, 6) is 0. The monoisotopic (exact) mass is 300 g/mol. The number of rotatable bonds is 7. The summed E-state index contributed by atoms with van der Waals surface area (Å²) in [6.07, 6.45) is 2.40. The number of hydrogen-bond acceptors (Lipinski definition) is 4. The summed E-state index contributed by atoms with van der Waals surface area (Å²) < 4.78 is 1.75. The van der Waals surface area contributed by atoms with Crippen LogP contribution in [0.4, 0.5) is 11.4 Å². The minimum absolute atomic E-state index is 0.875. The van der Waals surface area contributed by atoms with Gasteiger partial charge < -0.3 is 9.80 Å². The third-order valence-electron chi connectivity index (χ3n) is 3.17. The van der Waals surface area contributed by atoms with Gasteiger partial charge in [0.2, 0.25) is 0 Å². The van der Waals surface area contributed by atoms with Crippen molar-refractivity contribution in [2.45, 2.75) is 47.5 Å². The molecule has 0 bridgehead atoms. The summed E-state index contributed by atoms with van der Waals surface area (Å²) in [6, 6.07) is 0. The van der Waals surface area contributed by atoms with Gasteiger partial charge in [-0.15, -0.1) is 0 Å². The van der Waals surface area contributed by atoms with E-state index in [0.717, 1.165) is 28.7 Å². The third-order valence-corrected chi connectivity index (χ3v) is 4.09. The van der Waals surface area contributed by atoms with E-state index >= 15 is 0 Å². The largest absolute Gasteiger partial charge is 0.372 e. The lowest BCUT2D eigenvalue weighted by Gasteiger charge is -2.32. The van der Waals surface area contributed by atoms with Crippen LogP contribution in [0.5, 0.6) is 0 Å². The molecule has 0 aliphatic carbocycles. The fourth-order valence-corrected chi connectivity index (χ4v) is 2.73. The molecule has 1 rings (SSSR count). The average molecular weight is 301 g/mol. The Kier molecular flexibility index (Phi) is 9.19. The first-order chi connectivity index (χ1) is 9.08. The van der Waals surface area contributed by atoms with Crippen molar-refractivity contribution in [3.8, 4) is 0 Å². The molecule has 0 unspecified atom stereocenters. The maximum absolute atomic E-state index is 5.38. The van der Waals surface area contributed by atoms with Gasteiger partial charge in [0.1, 0.15) is 0 Å². The summed E-state index contributed by atoms with van der Waals surface area (Å²) in [5.41, 5.74) is 2.37. The van der Waals surface area contributed by atoms with Gasteiger partial charge in [0.15, 0.2) is 0 Å². The van der Waals surface area contributed by atoms with Crippen LogP contribution in [0.3, 0.4) is 0 Å². The van der Waals surface area contributed by atoms with Crippen LogP contribution >= 0.6 is 24.4 Å². The van der Waals surface area contributed by atoms with Crippen LogP contribution in [-0.4, -0.2) is 26.7 Å². The first-order valence-corrected chi connectivity index (χ1v) is 8.19. The van der Waals surface area contributed by atoms with E-state index in [-0.39, 0.29) is 0 Å². The van der Waals surface area contributed by atoms with Gasteiger partial charge in [0.25, 0.3) is 0 Å². The molecule has 4 heteroatoms. The topological polar surface area (TPSA) is 6.48 Å². The summed E-state index contributed by atoms with van der Waals surface area (Å²) in [5, 5.41) is 0. The Morgan fingerprint density at radius 3 is 1.79 bits per heavy atom. The minimum Gasteiger partial charge on any atom is -0.372 e. The molecule has 0 N–H and O–H groups in total. The van der Waals surface area contributed by atoms with Crippen LogP contribution in [0.1, 0.15) is 47.5 Å². The van der Waals surface area contributed by atoms with Gasteiger partial charge in [0.05, 0.1) is 20.4 Å². The number of hydrogen-bond donors (Lipinski definition) is 0. The van der Waals surface area contributed by atoms with E-state index in [1.807, 2.05) is 13.8 Å². The van der Waals surface area contributed by atoms with Crippen molar-refractivity contribution >= 4 is 35.8 Å². The summed E-state index contributed by atoms with van der Waals surface area (Å²) in [7, 11) is 2.11. The van der Waals surface area contributed by atoms with Crippen molar-refractivity contribution in [1.29, 1.82) is 0 Å². The molecule has 1 aromatic rings. The average Bonchev–Trinajstić information content (AvgIpc) is 2.46. The highest BCUT2D eigenvalue weighted by molar-refractivity contribution is 7.74. The van der Waals surface area contributed by atoms with Gasteiger partial charge in [-0.1, -0.05) is 51.6 Å². The number of anilines is 2. The van der Waals surface area contributed by atoms with E-state index in [1.54, 1.807) is 0 Å². The quantitative estimate of drug-likeness (QED) is 0.644. The summed E-state index contributed by atoms with van der Waals surface area (Å²) in [6.45, 7) is 13.5. The lowest BCUT2D eigenvalue weighted by molar-refractivity contribution is 0.759. The fraction of sp³-hybridized carbons (Fsp3) is 0.733. The summed E-state index contributed by atoms with van der Waals surface area (Å²) in [4.78, 5) is 4.56. The molecule has 19 heavy (non-hydrogen) atoms. The van der Waals surface area contributed by atoms with E-state index in [4.69, 9.17) is 24.4 Å². The molecule has 2 nitrogen and oxygen atoms in total. The smallest absolute Gasteiger partial charge is 0.0835 e. The van der Waals surface area contributed by atoms with Gasteiger partial charge in [-0.2, -0.15) is 0 Å². The number of nitrogens with zero attached hydrogens (tertiary/aromatic N) is 2. The molecular weight excluding hydrogens is 272 g/mol. The van der Waals surface area contributed by atoms with Crippen molar-refractivity contribution in [2.75, 3.05) is 36.5 Å². The molecule has 0 spiro atoms. The molecule has 0 atom stereocenters. The standard InChI is InChI=1S/C13H22N2S2.C2H6/c1-5-8-9-14(4)10-11(13(17)12(10)16)15(6-2)7-3;1-2/h5-9H2,1-4H3;1-2H3. The maximum atomic E-state index is 5.38. The van der Waals surface area contributed by atoms with E-state index in [0.29, 0.717) is 0 Å². The highest BCUT2D eigenvalue weighted by atomic mass is 32.1. The molecule has 0 heterocycles. The summed E-state index contributed by atoms with van der Waals surface area (Å²) >= 11 is 10.8. The Labute approximate surface area is 129 Å². The van der Waals surface area contributed by atoms with Crippen molar-refractivity contribution in [3.05, 3.63) is 9.02 Å². The van der Waals surface area contributed by atoms with Crippen molar-refractivity contribution in [2.24, 2.45) is 0 Å². The van der Waals surface area contributed by atoms with Crippen molar-refractivity contribution in [1.82, 2.24) is 0 Å². The zero-order chi connectivity index (χ0) is 15.0. The second-order valence-corrected chi connectivity index (χ2v) is 5.12. The van der Waals surface area contributed by atoms with E-state index in [1.165, 1.54) is 24.2 Å². The van der Waals surface area contributed by atoms with Gasteiger partial charge in [-0.3, -0.25) is 0 Å². The first-order valence-electron chi connectivity index (χ1n) is 7.37. The van der Waals surface area contributed by atoms with Gasteiger partial charge in [-0.05, 0) is 20.3 Å². The van der Waals surface area contributed by atoms with E-state index in [9.17, 15) is 0 Å². The first kappa shape index (κ1) is 18.5. The lowest BCUT2D eigenvalue weighted by atomic mass is 10.1. The second-order valence-electron chi connectivity index (χ2n) is 4.30. The molecule has 110 valence electrons. The number of unbranched alkanes of at least 4 members (excludes halogenated alkanes) is 1. The zero-order valence-electron chi connectivity index (χ0n) is 13.2. The molecule has 0 fully saturated rings. The van der Waals surface area contributed by atoms with Gasteiger partial charge >= 0.3 is 0 Å². The SMILES string of the molecule is CC.CCCCN(C)c1c(N(CC)CC)c(=S)c1=S. The van der Waals surface area contributed by atoms with Crippen LogP contribution in [0, 0.1) is 9.02 Å². The lowest BCUT2D eigenvalue weighted by Crippen LogP contribution is -2.29. The fourth-order valence-electron chi connectivity index (χ4n) is 2.06. The molecule has 0 amide bonds. The van der Waals surface area contributed by atoms with Gasteiger partial charge in [-0.25, -0.2) is 0 Å². The predicted molar refractivity (Wildman–Crippen MR) is 93.6 cm³/mol. The van der Waals surface area contributed by atoms with Crippen molar-refractivity contribution in [3.63, 3.8) is 0 Å². The van der Waals surface area contributed by atoms with Gasteiger partial charge in [0, 0.05) is 26.7 Å². The predicted octanol–water partition coefficient (Wildman–Crippen LogP) is 5.13. The Bertz CT molecular complexity index is 429. The normalized spacial score (nSPS) is 10.0. The molecule has 0 saturated heterocycles. The van der Waals surface area contributed by atoms with E-state index < -0.39 is 0 Å². The maximum Gasteiger partial charge on any atom is 0.0835 e. The molecule has 0 saturated carbocycles.